The first-order valence-electron chi connectivity index (χ1n) is 9.49. The highest BCUT2D eigenvalue weighted by Gasteiger charge is 2.27. The van der Waals surface area contributed by atoms with Crippen LogP contribution in [0.5, 0.6) is 0 Å². The van der Waals surface area contributed by atoms with Crippen LogP contribution in [-0.2, 0) is 4.79 Å². The summed E-state index contributed by atoms with van der Waals surface area (Å²) in [5, 5.41) is 0. The number of carbonyl (C=O) groups excluding carboxylic acids is 1. The van der Waals surface area contributed by atoms with Crippen molar-refractivity contribution in [2.45, 2.75) is 65.0 Å². The lowest BCUT2D eigenvalue weighted by Crippen LogP contribution is -2.44. The van der Waals surface area contributed by atoms with Gasteiger partial charge < -0.3 is 4.90 Å². The number of carbonyl (C=O) groups is 1. The van der Waals surface area contributed by atoms with Crippen LogP contribution in [0.4, 0.5) is 0 Å². The van der Waals surface area contributed by atoms with Gasteiger partial charge >= 0.3 is 0 Å². The molecule has 2 rings (SSSR count). The smallest absolute Gasteiger partial charge is 0.224 e. The molecule has 2 atom stereocenters. The van der Waals surface area contributed by atoms with Crippen LogP contribution in [0, 0.1) is 0 Å². The van der Waals surface area contributed by atoms with Crippen LogP contribution >= 0.6 is 0 Å². The molecule has 0 saturated heterocycles. The van der Waals surface area contributed by atoms with E-state index in [0.717, 1.165) is 12.8 Å². The Bertz CT molecular complexity index is 588. The van der Waals surface area contributed by atoms with E-state index in [0.29, 0.717) is 6.42 Å². The largest absolute Gasteiger partial charge is 0.337 e. The second-order valence-corrected chi connectivity index (χ2v) is 6.89. The molecular formula is C23H31NO. The van der Waals surface area contributed by atoms with Crippen molar-refractivity contribution in [2.24, 2.45) is 0 Å². The average molecular weight is 338 g/mol. The predicted octanol–water partition coefficient (Wildman–Crippen LogP) is 5.63. The molecule has 0 saturated carbocycles. The molecule has 2 aromatic rings. The van der Waals surface area contributed by atoms with Crippen molar-refractivity contribution in [3.8, 4) is 0 Å². The van der Waals surface area contributed by atoms with Crippen molar-refractivity contribution < 1.29 is 4.79 Å². The Balaban J connectivity index is 2.31. The zero-order valence-corrected chi connectivity index (χ0v) is 16.0. The van der Waals surface area contributed by atoms with Crippen LogP contribution in [0.25, 0.3) is 0 Å². The van der Waals surface area contributed by atoms with E-state index in [-0.39, 0.29) is 23.9 Å². The zero-order chi connectivity index (χ0) is 18.2. The number of benzene rings is 2. The molecule has 0 aliphatic rings. The molecular weight excluding hydrogens is 306 g/mol. The molecule has 134 valence electrons. The molecule has 0 aromatic heterocycles. The molecule has 0 spiro atoms. The average Bonchev–Trinajstić information content (AvgIpc) is 2.67. The van der Waals surface area contributed by atoms with E-state index >= 15 is 0 Å². The summed E-state index contributed by atoms with van der Waals surface area (Å²) in [5.41, 5.74) is 2.41. The van der Waals surface area contributed by atoms with Crippen molar-refractivity contribution >= 4 is 5.91 Å². The van der Waals surface area contributed by atoms with Gasteiger partial charge in [0.15, 0.2) is 0 Å². The summed E-state index contributed by atoms with van der Waals surface area (Å²) in [6, 6.07) is 21.3. The van der Waals surface area contributed by atoms with Crippen LogP contribution < -0.4 is 0 Å². The summed E-state index contributed by atoms with van der Waals surface area (Å²) < 4.78 is 0. The number of amides is 1. The summed E-state index contributed by atoms with van der Waals surface area (Å²) in [4.78, 5) is 15.3. The highest BCUT2D eigenvalue weighted by Crippen LogP contribution is 2.29. The van der Waals surface area contributed by atoms with Crippen LogP contribution in [0.15, 0.2) is 60.7 Å². The van der Waals surface area contributed by atoms with E-state index in [2.05, 4.69) is 81.1 Å². The minimum absolute atomic E-state index is 0.102. The fourth-order valence-electron chi connectivity index (χ4n) is 3.40. The Kier molecular flexibility index (Phi) is 7.24. The van der Waals surface area contributed by atoms with Gasteiger partial charge in [-0.1, -0.05) is 74.5 Å². The lowest BCUT2D eigenvalue weighted by atomic mass is 9.87. The van der Waals surface area contributed by atoms with Gasteiger partial charge in [0.05, 0.1) is 0 Å². The maximum Gasteiger partial charge on any atom is 0.224 e. The van der Waals surface area contributed by atoms with Crippen molar-refractivity contribution in [3.05, 3.63) is 71.8 Å². The quantitative estimate of drug-likeness (QED) is 0.611. The summed E-state index contributed by atoms with van der Waals surface area (Å²) in [6.45, 7) is 8.62. The van der Waals surface area contributed by atoms with Gasteiger partial charge in [-0.3, -0.25) is 4.79 Å². The summed E-state index contributed by atoms with van der Waals surface area (Å²) in [6.07, 6.45) is 2.48. The van der Waals surface area contributed by atoms with E-state index < -0.39 is 0 Å². The van der Waals surface area contributed by atoms with Gasteiger partial charge in [0.25, 0.3) is 0 Å². The van der Waals surface area contributed by atoms with Gasteiger partial charge in [-0.15, -0.1) is 0 Å². The molecule has 2 heteroatoms. The Morgan fingerprint density at radius 2 is 1.20 bits per heavy atom. The van der Waals surface area contributed by atoms with E-state index in [1.165, 1.54) is 11.1 Å². The first-order chi connectivity index (χ1) is 12.1. The third-order valence-corrected chi connectivity index (χ3v) is 5.20. The predicted molar refractivity (Wildman–Crippen MR) is 106 cm³/mol. The minimum Gasteiger partial charge on any atom is -0.337 e. The number of nitrogens with zero attached hydrogens (tertiary/aromatic N) is 1. The van der Waals surface area contributed by atoms with Gasteiger partial charge in [-0.25, -0.2) is 0 Å². The maximum absolute atomic E-state index is 13.2. The van der Waals surface area contributed by atoms with Crippen LogP contribution in [0.3, 0.4) is 0 Å². The standard InChI is InChI=1S/C23H31NO/c1-5-18(3)24(19(4)6-2)23(25)17-22(20-13-9-7-10-14-20)21-15-11-8-12-16-21/h7-16,18-19,22H,5-6,17H2,1-4H3. The van der Waals surface area contributed by atoms with Crippen LogP contribution in [0.2, 0.25) is 0 Å². The van der Waals surface area contributed by atoms with Gasteiger partial charge in [-0.05, 0) is 37.8 Å². The molecule has 2 aromatic carbocycles. The summed E-state index contributed by atoms with van der Waals surface area (Å²) >= 11 is 0. The second-order valence-electron chi connectivity index (χ2n) is 6.89. The Morgan fingerprint density at radius 3 is 1.56 bits per heavy atom. The topological polar surface area (TPSA) is 20.3 Å². The molecule has 0 radical (unpaired) electrons. The molecule has 0 bridgehead atoms. The van der Waals surface area contributed by atoms with Crippen molar-refractivity contribution in [1.29, 1.82) is 0 Å². The van der Waals surface area contributed by atoms with E-state index in [4.69, 9.17) is 0 Å². The monoisotopic (exact) mass is 337 g/mol. The molecule has 0 aliphatic heterocycles. The van der Waals surface area contributed by atoms with Gasteiger partial charge in [-0.2, -0.15) is 0 Å². The lowest BCUT2D eigenvalue weighted by Gasteiger charge is -2.35. The molecule has 25 heavy (non-hydrogen) atoms. The minimum atomic E-state index is 0.102. The van der Waals surface area contributed by atoms with Crippen LogP contribution in [-0.4, -0.2) is 22.9 Å². The first-order valence-corrected chi connectivity index (χ1v) is 9.49. The molecule has 2 nitrogen and oxygen atoms in total. The fourth-order valence-corrected chi connectivity index (χ4v) is 3.40. The SMILES string of the molecule is CCC(C)N(C(=O)CC(c1ccccc1)c1ccccc1)C(C)CC. The Morgan fingerprint density at radius 1 is 0.800 bits per heavy atom. The van der Waals surface area contributed by atoms with Crippen LogP contribution in [0.1, 0.15) is 64.0 Å². The highest BCUT2D eigenvalue weighted by atomic mass is 16.2. The Labute approximate surface area is 152 Å². The molecule has 0 heterocycles. The fraction of sp³-hybridized carbons (Fsp3) is 0.435. The van der Waals surface area contributed by atoms with E-state index in [1.807, 2.05) is 12.1 Å². The van der Waals surface area contributed by atoms with Gasteiger partial charge in [0.1, 0.15) is 0 Å². The summed E-state index contributed by atoms with van der Waals surface area (Å²) in [7, 11) is 0. The van der Waals surface area contributed by atoms with Gasteiger partial charge in [0, 0.05) is 24.4 Å². The zero-order valence-electron chi connectivity index (χ0n) is 16.0. The van der Waals surface area contributed by atoms with Crippen molar-refractivity contribution in [1.82, 2.24) is 4.90 Å². The molecule has 0 aliphatic carbocycles. The molecule has 1 amide bonds. The normalized spacial score (nSPS) is 13.5. The lowest BCUT2D eigenvalue weighted by molar-refractivity contribution is -0.136. The highest BCUT2D eigenvalue weighted by molar-refractivity contribution is 5.78. The molecule has 0 fully saturated rings. The number of rotatable bonds is 8. The Hall–Kier alpha value is -2.09. The van der Waals surface area contributed by atoms with E-state index in [9.17, 15) is 4.79 Å². The number of hydrogen-bond acceptors (Lipinski definition) is 1. The maximum atomic E-state index is 13.2. The van der Waals surface area contributed by atoms with Gasteiger partial charge in [0.2, 0.25) is 5.91 Å². The van der Waals surface area contributed by atoms with Crippen molar-refractivity contribution in [2.75, 3.05) is 0 Å². The van der Waals surface area contributed by atoms with Crippen molar-refractivity contribution in [3.63, 3.8) is 0 Å². The summed E-state index contributed by atoms with van der Waals surface area (Å²) in [5.74, 6) is 0.354. The second kappa shape index (κ2) is 9.41. The third kappa shape index (κ3) is 4.94. The first kappa shape index (κ1) is 19.2. The third-order valence-electron chi connectivity index (χ3n) is 5.20. The number of hydrogen-bond donors (Lipinski definition) is 0. The molecule has 0 N–H and O–H groups in total. The van der Waals surface area contributed by atoms with E-state index in [1.54, 1.807) is 0 Å². The molecule has 2 unspecified atom stereocenters.